The zero-order valence-electron chi connectivity index (χ0n) is 20.2. The number of benzene rings is 8. The minimum Gasteiger partial charge on any atom is -0.0663 e. The lowest BCUT2D eigenvalue weighted by molar-refractivity contribution is 1.70. The van der Waals surface area contributed by atoms with Gasteiger partial charge in [0, 0.05) is 0 Å². The lowest BCUT2D eigenvalue weighted by Crippen LogP contribution is -2.55. The van der Waals surface area contributed by atoms with Crippen LogP contribution in [0.4, 0.5) is 0 Å². The molecule has 1 heteroatoms. The van der Waals surface area contributed by atoms with Gasteiger partial charge in [0.25, 0.3) is 0 Å². The van der Waals surface area contributed by atoms with Crippen molar-refractivity contribution in [2.75, 3.05) is 0 Å². The summed E-state index contributed by atoms with van der Waals surface area (Å²) in [5.41, 5.74) is 6.96. The van der Waals surface area contributed by atoms with Crippen LogP contribution in [0.15, 0.2) is 127 Å². The van der Waals surface area contributed by atoms with Crippen LogP contribution >= 0.6 is 0 Å². The van der Waals surface area contributed by atoms with E-state index in [1.807, 2.05) is 0 Å². The van der Waals surface area contributed by atoms with Crippen LogP contribution in [-0.4, -0.2) is 6.71 Å². The molecule has 0 fully saturated rings. The maximum atomic E-state index is 2.49. The molecule has 0 spiro atoms. The number of fused-ring (bicyclic) bond motifs is 5. The van der Waals surface area contributed by atoms with E-state index in [9.17, 15) is 0 Å². The molecular formula is C36H21B. The van der Waals surface area contributed by atoms with Crippen LogP contribution in [0.5, 0.6) is 0 Å². The molecule has 0 atom stereocenters. The molecule has 0 saturated carbocycles. The van der Waals surface area contributed by atoms with Gasteiger partial charge in [-0.3, -0.25) is 0 Å². The number of rotatable bonds is 1. The molecule has 0 aromatic heterocycles. The minimum atomic E-state index is 0.147. The third kappa shape index (κ3) is 2.49. The second-order valence-electron chi connectivity index (χ2n) is 10.4. The van der Waals surface area contributed by atoms with Crippen LogP contribution < -0.4 is 16.4 Å². The van der Waals surface area contributed by atoms with Gasteiger partial charge in [0.1, 0.15) is 0 Å². The monoisotopic (exact) mass is 464 g/mol. The SMILES string of the molecule is c1ccc2c(B3c4c(ccc5ccccc45)-c4ccc5ccc6cccc7cc3c4c5c67)cccc2c1. The average Bonchev–Trinajstić information content (AvgIpc) is 2.96. The first-order valence-electron chi connectivity index (χ1n) is 13.1. The zero-order valence-corrected chi connectivity index (χ0v) is 20.2. The average molecular weight is 464 g/mol. The second kappa shape index (κ2) is 6.99. The van der Waals surface area contributed by atoms with Crippen LogP contribution in [0.1, 0.15) is 0 Å². The van der Waals surface area contributed by atoms with E-state index in [0.29, 0.717) is 0 Å². The molecule has 0 nitrogen and oxygen atoms in total. The molecule has 8 aromatic carbocycles. The van der Waals surface area contributed by atoms with E-state index >= 15 is 0 Å². The third-order valence-corrected chi connectivity index (χ3v) is 8.65. The molecule has 0 amide bonds. The summed E-state index contributed by atoms with van der Waals surface area (Å²) in [5, 5.41) is 13.5. The van der Waals surface area contributed by atoms with Crippen molar-refractivity contribution >= 4 is 77.0 Å². The number of hydrogen-bond donors (Lipinski definition) is 0. The molecule has 0 unspecified atom stereocenters. The van der Waals surface area contributed by atoms with E-state index in [-0.39, 0.29) is 6.71 Å². The Balaban J connectivity index is 1.56. The Hall–Kier alpha value is -4.62. The van der Waals surface area contributed by atoms with Crippen molar-refractivity contribution in [3.8, 4) is 11.1 Å². The van der Waals surface area contributed by atoms with E-state index in [1.54, 1.807) is 0 Å². The van der Waals surface area contributed by atoms with Crippen molar-refractivity contribution in [2.24, 2.45) is 0 Å². The summed E-state index contributed by atoms with van der Waals surface area (Å²) in [4.78, 5) is 0. The first-order chi connectivity index (χ1) is 18.4. The van der Waals surface area contributed by atoms with Gasteiger partial charge in [-0.25, -0.2) is 0 Å². The summed E-state index contributed by atoms with van der Waals surface area (Å²) >= 11 is 0. The lowest BCUT2D eigenvalue weighted by atomic mass is 9.32. The Morgan fingerprint density at radius 2 is 0.946 bits per heavy atom. The molecule has 0 aliphatic carbocycles. The quantitative estimate of drug-likeness (QED) is 0.176. The molecule has 0 saturated heterocycles. The number of hydrogen-bond acceptors (Lipinski definition) is 0. The van der Waals surface area contributed by atoms with Gasteiger partial charge in [-0.05, 0) is 65.0 Å². The Labute approximate surface area is 215 Å². The van der Waals surface area contributed by atoms with Gasteiger partial charge in [0.15, 0.2) is 0 Å². The van der Waals surface area contributed by atoms with Gasteiger partial charge in [0.05, 0.1) is 0 Å². The summed E-state index contributed by atoms with van der Waals surface area (Å²) in [5.74, 6) is 0. The van der Waals surface area contributed by atoms with Gasteiger partial charge < -0.3 is 0 Å². The van der Waals surface area contributed by atoms with Crippen molar-refractivity contribution in [3.63, 3.8) is 0 Å². The highest BCUT2D eigenvalue weighted by molar-refractivity contribution is 7.01. The zero-order chi connectivity index (χ0) is 24.1. The molecular weight excluding hydrogens is 443 g/mol. The standard InChI is InChI=1S/C36H21B/c1-3-12-27-22(7-1)9-6-14-31(27)37-32-21-26-11-5-10-24-15-16-25-18-19-29(35(32)34(25)33(24)26)30-20-17-23-8-2-4-13-28(23)36(30)37/h1-21H. The first-order valence-corrected chi connectivity index (χ1v) is 13.1. The molecule has 1 heterocycles. The van der Waals surface area contributed by atoms with Crippen molar-refractivity contribution in [1.29, 1.82) is 0 Å². The second-order valence-corrected chi connectivity index (χ2v) is 10.4. The van der Waals surface area contributed by atoms with E-state index < -0.39 is 0 Å². The summed E-state index contributed by atoms with van der Waals surface area (Å²) in [6.07, 6.45) is 0. The van der Waals surface area contributed by atoms with E-state index in [0.717, 1.165) is 0 Å². The molecule has 168 valence electrons. The van der Waals surface area contributed by atoms with Gasteiger partial charge in [-0.1, -0.05) is 144 Å². The summed E-state index contributed by atoms with van der Waals surface area (Å²) in [7, 11) is 0. The predicted octanol–water partition coefficient (Wildman–Crippen LogP) is 7.39. The van der Waals surface area contributed by atoms with Gasteiger partial charge >= 0.3 is 0 Å². The maximum Gasteiger partial charge on any atom is 0.244 e. The third-order valence-electron chi connectivity index (χ3n) is 8.65. The van der Waals surface area contributed by atoms with Crippen molar-refractivity contribution in [2.45, 2.75) is 0 Å². The highest BCUT2D eigenvalue weighted by atomic mass is 14.2. The molecule has 9 rings (SSSR count). The van der Waals surface area contributed by atoms with Gasteiger partial charge in [0.2, 0.25) is 6.71 Å². The van der Waals surface area contributed by atoms with E-state index in [2.05, 4.69) is 127 Å². The van der Waals surface area contributed by atoms with Gasteiger partial charge in [-0.15, -0.1) is 0 Å². The highest BCUT2D eigenvalue weighted by Gasteiger charge is 2.35. The normalized spacial score (nSPS) is 12.8. The van der Waals surface area contributed by atoms with Crippen molar-refractivity contribution in [3.05, 3.63) is 127 Å². The first kappa shape index (κ1) is 19.6. The Kier molecular flexibility index (Phi) is 3.69. The van der Waals surface area contributed by atoms with Crippen molar-refractivity contribution in [1.82, 2.24) is 0 Å². The summed E-state index contributed by atoms with van der Waals surface area (Å²) in [6, 6.07) is 47.8. The topological polar surface area (TPSA) is 0 Å². The molecule has 8 aromatic rings. The fraction of sp³-hybridized carbons (Fsp3) is 0. The Bertz CT molecular complexity index is 2200. The van der Waals surface area contributed by atoms with Crippen LogP contribution in [0.3, 0.4) is 0 Å². The van der Waals surface area contributed by atoms with Gasteiger partial charge in [-0.2, -0.15) is 0 Å². The van der Waals surface area contributed by atoms with Crippen LogP contribution in [0.2, 0.25) is 0 Å². The highest BCUT2D eigenvalue weighted by Crippen LogP contribution is 2.41. The minimum absolute atomic E-state index is 0.147. The Morgan fingerprint density at radius 3 is 1.84 bits per heavy atom. The fourth-order valence-corrected chi connectivity index (χ4v) is 7.16. The summed E-state index contributed by atoms with van der Waals surface area (Å²) < 4.78 is 0. The molecule has 37 heavy (non-hydrogen) atoms. The van der Waals surface area contributed by atoms with Crippen LogP contribution in [0.25, 0.3) is 65.0 Å². The molecule has 1 aliphatic heterocycles. The smallest absolute Gasteiger partial charge is 0.0663 e. The molecule has 0 radical (unpaired) electrons. The summed E-state index contributed by atoms with van der Waals surface area (Å²) in [6.45, 7) is 0.147. The van der Waals surface area contributed by atoms with Crippen molar-refractivity contribution < 1.29 is 0 Å². The largest absolute Gasteiger partial charge is 0.244 e. The fourth-order valence-electron chi connectivity index (χ4n) is 7.16. The van der Waals surface area contributed by atoms with Crippen LogP contribution in [-0.2, 0) is 0 Å². The van der Waals surface area contributed by atoms with Crippen LogP contribution in [0, 0.1) is 0 Å². The maximum absolute atomic E-state index is 2.49. The molecule has 1 aliphatic rings. The Morgan fingerprint density at radius 1 is 0.351 bits per heavy atom. The predicted molar refractivity (Wildman–Crippen MR) is 162 cm³/mol. The van der Waals surface area contributed by atoms with E-state index in [4.69, 9.17) is 0 Å². The lowest BCUT2D eigenvalue weighted by Gasteiger charge is -2.30. The molecule has 0 bridgehead atoms. The molecule has 0 N–H and O–H groups in total. The van der Waals surface area contributed by atoms with E-state index in [1.165, 1.54) is 81.4 Å².